The summed E-state index contributed by atoms with van der Waals surface area (Å²) in [6.45, 7) is 11.6. The van der Waals surface area contributed by atoms with Gasteiger partial charge in [0.05, 0.1) is 18.8 Å². The van der Waals surface area contributed by atoms with Gasteiger partial charge in [-0.1, -0.05) is 27.7 Å². The molecule has 35 heavy (non-hydrogen) atoms. The molecule has 0 aromatic carbocycles. The monoisotopic (exact) mass is 492 g/mol. The molecule has 5 fully saturated rings. The van der Waals surface area contributed by atoms with Gasteiger partial charge >= 0.3 is 5.97 Å². The highest BCUT2D eigenvalue weighted by Crippen LogP contribution is 2.66. The summed E-state index contributed by atoms with van der Waals surface area (Å²) in [5.41, 5.74) is -0.230. The summed E-state index contributed by atoms with van der Waals surface area (Å²) in [5, 5.41) is 22.1. The van der Waals surface area contributed by atoms with Crippen molar-refractivity contribution < 1.29 is 29.2 Å². The molecule has 2 aliphatic heterocycles. The van der Waals surface area contributed by atoms with Gasteiger partial charge in [-0.15, -0.1) is 0 Å². The molecule has 0 aromatic heterocycles. The first kappa shape index (κ1) is 25.9. The summed E-state index contributed by atoms with van der Waals surface area (Å²) < 4.78 is 18.8. The third-order valence-electron chi connectivity index (χ3n) is 11.6. The number of carbonyl (C=O) groups excluding carboxylic acids is 1. The van der Waals surface area contributed by atoms with Gasteiger partial charge in [-0.25, -0.2) is 0 Å². The molecule has 5 rings (SSSR count). The molecule has 200 valence electrons. The molecule has 0 bridgehead atoms. The van der Waals surface area contributed by atoms with E-state index in [-0.39, 0.29) is 53.6 Å². The minimum absolute atomic E-state index is 0.0107. The second kappa shape index (κ2) is 9.25. The van der Waals surface area contributed by atoms with Gasteiger partial charge in [0.2, 0.25) is 0 Å². The summed E-state index contributed by atoms with van der Waals surface area (Å²) >= 11 is 0. The molecule has 2 heterocycles. The lowest BCUT2D eigenvalue weighted by Crippen LogP contribution is -2.55. The Kier molecular flexibility index (Phi) is 6.86. The Balaban J connectivity index is 1.36. The van der Waals surface area contributed by atoms with Gasteiger partial charge in [0.25, 0.3) is 0 Å². The molecule has 5 aliphatic rings. The van der Waals surface area contributed by atoms with Crippen LogP contribution in [0.25, 0.3) is 0 Å². The van der Waals surface area contributed by atoms with Crippen molar-refractivity contribution in [1.82, 2.24) is 0 Å². The fraction of sp³-hybridized carbons (Fsp3) is 0.966. The van der Waals surface area contributed by atoms with Gasteiger partial charge in [0.1, 0.15) is 6.10 Å². The van der Waals surface area contributed by atoms with Crippen LogP contribution in [0.4, 0.5) is 0 Å². The van der Waals surface area contributed by atoms with Crippen molar-refractivity contribution in [2.24, 2.45) is 46.3 Å². The normalized spacial score (nSPS) is 53.9. The average molecular weight is 493 g/mol. The Morgan fingerprint density at radius 2 is 1.86 bits per heavy atom. The molecule has 2 N–H and O–H groups in total. The van der Waals surface area contributed by atoms with Crippen molar-refractivity contribution in [3.8, 4) is 0 Å². The van der Waals surface area contributed by atoms with E-state index in [0.29, 0.717) is 23.7 Å². The molecule has 1 spiro atoms. The van der Waals surface area contributed by atoms with Crippen LogP contribution in [0.1, 0.15) is 92.4 Å². The smallest absolute Gasteiger partial charge is 0.302 e. The van der Waals surface area contributed by atoms with E-state index in [4.69, 9.17) is 14.2 Å². The highest BCUT2D eigenvalue weighted by molar-refractivity contribution is 5.66. The molecule has 12 atom stereocenters. The van der Waals surface area contributed by atoms with Gasteiger partial charge in [0, 0.05) is 25.9 Å². The Hall–Kier alpha value is -0.690. The standard InChI is InChI=1S/C29H48O6/c1-17-8-11-29(33-16-17)18(2)25-24(35-29)15-23(28(25,5)12-13-30)22-7-6-20-14-21(34-19(3)31)9-10-27(20,4)26(22)32/h17-18,20-26,30,32H,6-16H2,1-5H3/t17-,18+,20+,21+,22?,23?,24+,25+,26+,27+,28+,29-/m1/s1. The number of ether oxygens (including phenoxy) is 3. The van der Waals surface area contributed by atoms with E-state index in [9.17, 15) is 15.0 Å². The van der Waals surface area contributed by atoms with Crippen LogP contribution in [0.5, 0.6) is 0 Å². The minimum Gasteiger partial charge on any atom is -0.463 e. The number of aliphatic hydroxyl groups excluding tert-OH is 2. The van der Waals surface area contributed by atoms with Crippen LogP contribution in [0, 0.1) is 46.3 Å². The number of aliphatic hydroxyl groups is 2. The second-order valence-electron chi connectivity index (χ2n) is 13.5. The van der Waals surface area contributed by atoms with Crippen LogP contribution in [0.3, 0.4) is 0 Å². The zero-order valence-corrected chi connectivity index (χ0v) is 22.5. The van der Waals surface area contributed by atoms with Crippen molar-refractivity contribution in [2.75, 3.05) is 13.2 Å². The predicted octanol–water partition coefficient (Wildman–Crippen LogP) is 4.70. The van der Waals surface area contributed by atoms with Crippen LogP contribution in [-0.2, 0) is 19.0 Å². The molecule has 6 nitrogen and oxygen atoms in total. The van der Waals surface area contributed by atoms with E-state index >= 15 is 0 Å². The first-order chi connectivity index (χ1) is 16.5. The maximum Gasteiger partial charge on any atom is 0.302 e. The van der Waals surface area contributed by atoms with Crippen molar-refractivity contribution in [3.05, 3.63) is 0 Å². The van der Waals surface area contributed by atoms with E-state index in [1.807, 2.05) is 0 Å². The van der Waals surface area contributed by atoms with E-state index in [1.54, 1.807) is 0 Å². The quantitative estimate of drug-likeness (QED) is 0.554. The first-order valence-corrected chi connectivity index (χ1v) is 14.3. The lowest BCUT2D eigenvalue weighted by Gasteiger charge is -2.56. The van der Waals surface area contributed by atoms with Gasteiger partial charge in [-0.2, -0.15) is 0 Å². The predicted molar refractivity (Wildman–Crippen MR) is 132 cm³/mol. The summed E-state index contributed by atoms with van der Waals surface area (Å²) in [6.07, 6.45) is 8.19. The fourth-order valence-corrected chi connectivity index (χ4v) is 9.61. The summed E-state index contributed by atoms with van der Waals surface area (Å²) in [6, 6.07) is 0. The van der Waals surface area contributed by atoms with Crippen LogP contribution in [-0.4, -0.2) is 53.5 Å². The molecule has 2 saturated heterocycles. The van der Waals surface area contributed by atoms with Gasteiger partial charge in [0.15, 0.2) is 5.79 Å². The molecule has 2 unspecified atom stereocenters. The lowest BCUT2D eigenvalue weighted by molar-refractivity contribution is -0.272. The SMILES string of the molecule is CC(=O)O[C@H]1CC[C@@]2(C)[C@@H](CCC(C3C[C@@H]4O[C@]5(CC[C@@H](C)CO5)[C@@H](C)[C@@H]4[C@@]3(C)CCO)[C@@H]2O)C1. The van der Waals surface area contributed by atoms with Crippen molar-refractivity contribution in [3.63, 3.8) is 0 Å². The number of hydrogen-bond acceptors (Lipinski definition) is 6. The number of rotatable bonds is 4. The minimum atomic E-state index is -0.471. The van der Waals surface area contributed by atoms with Gasteiger partial charge < -0.3 is 24.4 Å². The number of esters is 1. The maximum absolute atomic E-state index is 11.9. The highest BCUT2D eigenvalue weighted by atomic mass is 16.7. The molecule has 0 aromatic rings. The molecule has 0 radical (unpaired) electrons. The Morgan fingerprint density at radius 1 is 1.09 bits per heavy atom. The molecule has 3 saturated carbocycles. The van der Waals surface area contributed by atoms with Crippen molar-refractivity contribution >= 4 is 5.97 Å². The summed E-state index contributed by atoms with van der Waals surface area (Å²) in [7, 11) is 0. The molecular weight excluding hydrogens is 444 g/mol. The Bertz CT molecular complexity index is 792. The third kappa shape index (κ3) is 4.09. The Labute approximate surface area is 211 Å². The zero-order chi connectivity index (χ0) is 25.2. The molecule has 0 amide bonds. The van der Waals surface area contributed by atoms with E-state index in [1.165, 1.54) is 6.92 Å². The summed E-state index contributed by atoms with van der Waals surface area (Å²) in [5.74, 6) is 1.45. The van der Waals surface area contributed by atoms with Crippen molar-refractivity contribution in [2.45, 2.75) is 117 Å². The first-order valence-electron chi connectivity index (χ1n) is 14.3. The lowest BCUT2D eigenvalue weighted by atomic mass is 9.51. The second-order valence-corrected chi connectivity index (χ2v) is 13.5. The number of fused-ring (bicyclic) bond motifs is 2. The fourth-order valence-electron chi connectivity index (χ4n) is 9.61. The number of carbonyl (C=O) groups is 1. The highest BCUT2D eigenvalue weighted by Gasteiger charge is 2.67. The average Bonchev–Trinajstić information content (AvgIpc) is 3.23. The Morgan fingerprint density at radius 3 is 2.51 bits per heavy atom. The van der Waals surface area contributed by atoms with Gasteiger partial charge in [-0.3, -0.25) is 4.79 Å². The zero-order valence-electron chi connectivity index (χ0n) is 22.5. The summed E-state index contributed by atoms with van der Waals surface area (Å²) in [4.78, 5) is 11.5. The third-order valence-corrected chi connectivity index (χ3v) is 11.6. The molecule has 6 heteroatoms. The topological polar surface area (TPSA) is 85.2 Å². The molecule has 3 aliphatic carbocycles. The largest absolute Gasteiger partial charge is 0.463 e. The van der Waals surface area contributed by atoms with Crippen LogP contribution >= 0.6 is 0 Å². The number of hydrogen-bond donors (Lipinski definition) is 2. The van der Waals surface area contributed by atoms with Crippen LogP contribution in [0.2, 0.25) is 0 Å². The van der Waals surface area contributed by atoms with E-state index in [0.717, 1.165) is 64.4 Å². The van der Waals surface area contributed by atoms with Crippen molar-refractivity contribution in [1.29, 1.82) is 0 Å². The van der Waals surface area contributed by atoms with Gasteiger partial charge in [-0.05, 0) is 91.8 Å². The van der Waals surface area contributed by atoms with E-state index < -0.39 is 5.79 Å². The van der Waals surface area contributed by atoms with E-state index in [2.05, 4.69) is 27.7 Å². The van der Waals surface area contributed by atoms with Crippen LogP contribution in [0.15, 0.2) is 0 Å². The maximum atomic E-state index is 11.9. The molecular formula is C29H48O6. The van der Waals surface area contributed by atoms with Crippen LogP contribution < -0.4 is 0 Å².